The van der Waals surface area contributed by atoms with Crippen LogP contribution in [-0.2, 0) is 4.79 Å². The molecule has 0 radical (unpaired) electrons. The van der Waals surface area contributed by atoms with Crippen molar-refractivity contribution in [3.8, 4) is 0 Å². The van der Waals surface area contributed by atoms with Crippen molar-refractivity contribution in [3.05, 3.63) is 12.2 Å². The van der Waals surface area contributed by atoms with Crippen molar-refractivity contribution in [3.63, 3.8) is 0 Å². The number of carbonyl (C=O) groups excluding carboxylic acids is 1. The van der Waals surface area contributed by atoms with E-state index in [-0.39, 0.29) is 0 Å². The molecule has 0 aromatic carbocycles. The number of hydrogen-bond acceptors (Lipinski definition) is 2. The molecule has 102 valence electrons. The van der Waals surface area contributed by atoms with E-state index in [1.165, 1.54) is 64.2 Å². The van der Waals surface area contributed by atoms with Crippen LogP contribution in [0.4, 0.5) is 0 Å². The van der Waals surface area contributed by atoms with Crippen LogP contribution in [0.5, 0.6) is 0 Å². The Labute approximate surface area is 116 Å². The zero-order chi connectivity index (χ0) is 12.6. The summed E-state index contributed by atoms with van der Waals surface area (Å²) in [5.41, 5.74) is 0. The largest absolute Gasteiger partial charge is 0.287 e. The Morgan fingerprint density at radius 3 is 2.22 bits per heavy atom. The Morgan fingerprint density at radius 1 is 0.944 bits per heavy atom. The monoisotopic (exact) mass is 266 g/mol. The minimum absolute atomic E-state index is 0.383. The Morgan fingerprint density at radius 2 is 1.56 bits per heavy atom. The molecule has 0 amide bonds. The van der Waals surface area contributed by atoms with Gasteiger partial charge >= 0.3 is 0 Å². The summed E-state index contributed by atoms with van der Waals surface area (Å²) in [5.74, 6) is 0.756. The zero-order valence-electron chi connectivity index (χ0n) is 11.4. The third-order valence-electron chi connectivity index (χ3n) is 4.19. The van der Waals surface area contributed by atoms with Crippen LogP contribution in [-0.4, -0.2) is 10.4 Å². The Hall–Kier alpha value is -0.240. The van der Waals surface area contributed by atoms with Gasteiger partial charge in [0, 0.05) is 11.7 Å². The van der Waals surface area contributed by atoms with E-state index in [0.29, 0.717) is 16.8 Å². The van der Waals surface area contributed by atoms with Gasteiger partial charge in [-0.25, -0.2) is 0 Å². The summed E-state index contributed by atoms with van der Waals surface area (Å²) < 4.78 is 0. The van der Waals surface area contributed by atoms with Gasteiger partial charge in [-0.05, 0) is 31.6 Å². The maximum absolute atomic E-state index is 11.9. The summed E-state index contributed by atoms with van der Waals surface area (Å²) >= 11 is 1.62. The molecule has 2 rings (SSSR count). The lowest BCUT2D eigenvalue weighted by molar-refractivity contribution is -0.110. The van der Waals surface area contributed by atoms with Crippen molar-refractivity contribution >= 4 is 16.9 Å². The van der Waals surface area contributed by atoms with Crippen molar-refractivity contribution in [2.75, 3.05) is 0 Å². The molecule has 2 aliphatic carbocycles. The number of allylic oxidation sites excluding steroid dienone is 2. The number of thioether (sulfide) groups is 1. The van der Waals surface area contributed by atoms with E-state index in [2.05, 4.69) is 12.2 Å². The summed E-state index contributed by atoms with van der Waals surface area (Å²) in [6.07, 6.45) is 18.4. The predicted octanol–water partition coefficient (Wildman–Crippen LogP) is 5.11. The average Bonchev–Trinajstić information content (AvgIpc) is 2.41. The second-order valence-electron chi connectivity index (χ2n) is 5.78. The molecular formula is C16H26OS. The standard InChI is InChI=1S/C16H26OS/c17-16(18-15-11-5-2-6-12-15)13-7-10-14-8-3-1-4-9-14/h7,10,14-15H,1-6,8-9,11-13H2/b10-7-. The Balaban J connectivity index is 1.62. The van der Waals surface area contributed by atoms with E-state index in [0.717, 1.165) is 5.92 Å². The van der Waals surface area contributed by atoms with E-state index in [9.17, 15) is 4.79 Å². The zero-order valence-corrected chi connectivity index (χ0v) is 12.2. The van der Waals surface area contributed by atoms with Crippen LogP contribution >= 0.6 is 11.8 Å². The number of carbonyl (C=O) groups is 1. The maximum atomic E-state index is 11.9. The lowest BCUT2D eigenvalue weighted by Gasteiger charge is -2.20. The number of rotatable bonds is 4. The summed E-state index contributed by atoms with van der Waals surface area (Å²) in [6.45, 7) is 0. The molecule has 2 heteroatoms. The lowest BCUT2D eigenvalue weighted by Crippen LogP contribution is -2.10. The molecule has 0 aliphatic heterocycles. The van der Waals surface area contributed by atoms with Gasteiger partial charge in [0.2, 0.25) is 0 Å². The highest BCUT2D eigenvalue weighted by molar-refractivity contribution is 8.14. The average molecular weight is 266 g/mol. The van der Waals surface area contributed by atoms with Gasteiger partial charge in [-0.3, -0.25) is 4.79 Å². The fourth-order valence-corrected chi connectivity index (χ4v) is 4.23. The molecule has 1 nitrogen and oxygen atoms in total. The van der Waals surface area contributed by atoms with Gasteiger partial charge in [0.1, 0.15) is 0 Å². The predicted molar refractivity (Wildman–Crippen MR) is 79.8 cm³/mol. The summed E-state index contributed by atoms with van der Waals surface area (Å²) in [4.78, 5) is 11.9. The van der Waals surface area contributed by atoms with Gasteiger partial charge in [-0.15, -0.1) is 0 Å². The van der Waals surface area contributed by atoms with Crippen LogP contribution in [0.1, 0.15) is 70.6 Å². The quantitative estimate of drug-likeness (QED) is 0.658. The van der Waals surface area contributed by atoms with Crippen LogP contribution in [0.2, 0.25) is 0 Å². The highest BCUT2D eigenvalue weighted by atomic mass is 32.2. The molecule has 0 aromatic heterocycles. The van der Waals surface area contributed by atoms with Gasteiger partial charge < -0.3 is 0 Å². The fraction of sp³-hybridized carbons (Fsp3) is 0.812. The normalized spacial score (nSPS) is 23.6. The SMILES string of the molecule is O=C(C/C=C\C1CCCCC1)SC1CCCCC1. The van der Waals surface area contributed by atoms with E-state index in [1.54, 1.807) is 11.8 Å². The van der Waals surface area contributed by atoms with Crippen LogP contribution in [0.25, 0.3) is 0 Å². The maximum Gasteiger partial charge on any atom is 0.192 e. The van der Waals surface area contributed by atoms with Crippen molar-refractivity contribution in [1.29, 1.82) is 0 Å². The Bertz CT molecular complexity index is 273. The van der Waals surface area contributed by atoms with Crippen molar-refractivity contribution in [1.82, 2.24) is 0 Å². The van der Waals surface area contributed by atoms with Gasteiger partial charge in [0.25, 0.3) is 0 Å². The lowest BCUT2D eigenvalue weighted by atomic mass is 9.89. The molecule has 0 spiro atoms. The topological polar surface area (TPSA) is 17.1 Å². The van der Waals surface area contributed by atoms with Gasteiger partial charge in [0.15, 0.2) is 5.12 Å². The van der Waals surface area contributed by atoms with Crippen molar-refractivity contribution < 1.29 is 4.79 Å². The summed E-state index contributed by atoms with van der Waals surface area (Å²) in [7, 11) is 0. The van der Waals surface area contributed by atoms with Crippen LogP contribution < -0.4 is 0 Å². The van der Waals surface area contributed by atoms with E-state index < -0.39 is 0 Å². The highest BCUT2D eigenvalue weighted by Gasteiger charge is 2.17. The molecule has 0 unspecified atom stereocenters. The summed E-state index contributed by atoms with van der Waals surface area (Å²) in [6, 6.07) is 0. The van der Waals surface area contributed by atoms with E-state index in [1.807, 2.05) is 0 Å². The van der Waals surface area contributed by atoms with E-state index in [4.69, 9.17) is 0 Å². The number of hydrogen-bond donors (Lipinski definition) is 0. The molecule has 2 aliphatic rings. The first kappa shape index (κ1) is 14.2. The van der Waals surface area contributed by atoms with Gasteiger partial charge in [-0.2, -0.15) is 0 Å². The second-order valence-corrected chi connectivity index (χ2v) is 7.14. The molecule has 18 heavy (non-hydrogen) atoms. The molecular weight excluding hydrogens is 240 g/mol. The first-order valence-electron chi connectivity index (χ1n) is 7.71. The molecule has 0 atom stereocenters. The summed E-state index contributed by atoms with van der Waals surface area (Å²) in [5, 5.41) is 1.00. The molecule has 0 heterocycles. The molecule has 2 fully saturated rings. The third kappa shape index (κ3) is 5.17. The third-order valence-corrected chi connectivity index (χ3v) is 5.43. The van der Waals surface area contributed by atoms with Gasteiger partial charge in [0.05, 0.1) is 0 Å². The highest BCUT2D eigenvalue weighted by Crippen LogP contribution is 2.29. The first-order valence-corrected chi connectivity index (χ1v) is 8.59. The fourth-order valence-electron chi connectivity index (χ4n) is 3.10. The van der Waals surface area contributed by atoms with Crippen LogP contribution in [0, 0.1) is 5.92 Å². The first-order chi connectivity index (χ1) is 8.84. The Kier molecular flexibility index (Phi) is 6.33. The van der Waals surface area contributed by atoms with Crippen molar-refractivity contribution in [2.45, 2.75) is 75.9 Å². The van der Waals surface area contributed by atoms with Gasteiger partial charge in [-0.1, -0.05) is 62.4 Å². The van der Waals surface area contributed by atoms with Crippen LogP contribution in [0.15, 0.2) is 12.2 Å². The molecule has 0 aromatic rings. The molecule has 0 bridgehead atoms. The smallest absolute Gasteiger partial charge is 0.192 e. The minimum Gasteiger partial charge on any atom is -0.287 e. The molecule has 0 N–H and O–H groups in total. The molecule has 0 saturated heterocycles. The van der Waals surface area contributed by atoms with E-state index >= 15 is 0 Å². The minimum atomic E-state index is 0.383. The second kappa shape index (κ2) is 8.04. The van der Waals surface area contributed by atoms with Crippen LogP contribution in [0.3, 0.4) is 0 Å². The van der Waals surface area contributed by atoms with Crippen molar-refractivity contribution in [2.24, 2.45) is 5.92 Å². The molecule has 2 saturated carbocycles.